The molecule has 4 heteroatoms. The molecule has 25 heavy (non-hydrogen) atoms. The summed E-state index contributed by atoms with van der Waals surface area (Å²) in [6, 6.07) is 14.8. The molecule has 0 saturated heterocycles. The maximum atomic E-state index is 12.3. The summed E-state index contributed by atoms with van der Waals surface area (Å²) in [5, 5.41) is 5.25. The monoisotopic (exact) mass is 334 g/mol. The number of carbonyl (C=O) groups is 2. The molecule has 1 heterocycles. The van der Waals surface area contributed by atoms with Gasteiger partial charge in [0, 0.05) is 19.0 Å². The molecule has 2 aromatic carbocycles. The highest BCUT2D eigenvalue weighted by atomic mass is 16.2. The van der Waals surface area contributed by atoms with Gasteiger partial charge in [-0.3, -0.25) is 9.59 Å². The van der Waals surface area contributed by atoms with Gasteiger partial charge in [0.25, 0.3) is 0 Å². The first-order valence-corrected chi connectivity index (χ1v) is 8.95. The molecule has 4 rings (SSSR count). The lowest BCUT2D eigenvalue weighted by Crippen LogP contribution is -2.42. The largest absolute Gasteiger partial charge is 0.347 e. The van der Waals surface area contributed by atoms with Crippen molar-refractivity contribution in [2.24, 2.45) is 5.92 Å². The summed E-state index contributed by atoms with van der Waals surface area (Å²) in [6.07, 6.45) is 4.91. The fourth-order valence-corrected chi connectivity index (χ4v) is 3.41. The van der Waals surface area contributed by atoms with Crippen LogP contribution in [0, 0.1) is 5.92 Å². The molecular formula is C21H22N2O2. The number of hydrogen-bond acceptors (Lipinski definition) is 2. The normalized spacial score (nSPS) is 17.3. The molecule has 2 amide bonds. The van der Waals surface area contributed by atoms with Gasteiger partial charge in [0.15, 0.2) is 0 Å². The first-order valence-electron chi connectivity index (χ1n) is 8.95. The van der Waals surface area contributed by atoms with E-state index in [-0.39, 0.29) is 24.3 Å². The van der Waals surface area contributed by atoms with Crippen LogP contribution in [0.2, 0.25) is 0 Å². The van der Waals surface area contributed by atoms with Gasteiger partial charge in [0.05, 0.1) is 6.54 Å². The van der Waals surface area contributed by atoms with Gasteiger partial charge < -0.3 is 10.2 Å². The maximum Gasteiger partial charge on any atom is 0.242 e. The van der Waals surface area contributed by atoms with Crippen LogP contribution in [0.25, 0.3) is 16.3 Å². The molecule has 0 unspecified atom stereocenters. The topological polar surface area (TPSA) is 49.4 Å². The predicted octanol–water partition coefficient (Wildman–Crippen LogP) is 2.98. The van der Waals surface area contributed by atoms with E-state index in [0.717, 1.165) is 19.3 Å². The Kier molecular flexibility index (Phi) is 4.26. The van der Waals surface area contributed by atoms with Gasteiger partial charge in [0.1, 0.15) is 0 Å². The van der Waals surface area contributed by atoms with Gasteiger partial charge in [-0.25, -0.2) is 0 Å². The number of nitrogens with zero attached hydrogens (tertiary/aromatic N) is 1. The molecule has 0 atom stereocenters. The van der Waals surface area contributed by atoms with E-state index in [1.165, 1.54) is 21.9 Å². The first-order chi connectivity index (χ1) is 12.2. The lowest BCUT2D eigenvalue weighted by Gasteiger charge is -2.27. The third-order valence-electron chi connectivity index (χ3n) is 5.06. The van der Waals surface area contributed by atoms with Crippen molar-refractivity contribution in [3.8, 4) is 0 Å². The van der Waals surface area contributed by atoms with Crippen LogP contribution in [0.3, 0.4) is 0 Å². The summed E-state index contributed by atoms with van der Waals surface area (Å²) in [5.74, 6) is 0.173. The Morgan fingerprint density at radius 1 is 1.08 bits per heavy atom. The molecule has 2 aliphatic rings. The Morgan fingerprint density at radius 2 is 1.88 bits per heavy atom. The standard InChI is InChI=1S/C21H22N2O2/c24-20(14-22-21(25)17-8-9-17)23-12-10-16(11-13-23)19-7-3-5-15-4-1-2-6-18(15)19/h1-7,10,17H,8-9,11-14H2,(H,22,25). The highest BCUT2D eigenvalue weighted by Gasteiger charge is 2.30. The number of rotatable bonds is 4. The Balaban J connectivity index is 1.42. The van der Waals surface area contributed by atoms with Crippen molar-refractivity contribution in [1.82, 2.24) is 10.2 Å². The molecule has 1 N–H and O–H groups in total. The number of nitrogens with one attached hydrogen (secondary N) is 1. The molecule has 1 fully saturated rings. The molecule has 1 saturated carbocycles. The van der Waals surface area contributed by atoms with Crippen molar-refractivity contribution in [2.75, 3.05) is 19.6 Å². The number of amides is 2. The zero-order valence-corrected chi connectivity index (χ0v) is 14.2. The summed E-state index contributed by atoms with van der Waals surface area (Å²) in [6.45, 7) is 1.43. The van der Waals surface area contributed by atoms with Crippen LogP contribution in [0.15, 0.2) is 48.5 Å². The number of carbonyl (C=O) groups excluding carboxylic acids is 2. The van der Waals surface area contributed by atoms with Crippen molar-refractivity contribution in [3.63, 3.8) is 0 Å². The van der Waals surface area contributed by atoms with Crippen molar-refractivity contribution in [2.45, 2.75) is 19.3 Å². The molecule has 0 bridgehead atoms. The van der Waals surface area contributed by atoms with Crippen LogP contribution >= 0.6 is 0 Å². The average molecular weight is 334 g/mol. The zero-order chi connectivity index (χ0) is 17.2. The van der Waals surface area contributed by atoms with Gasteiger partial charge in [-0.05, 0) is 41.2 Å². The summed E-state index contributed by atoms with van der Waals surface area (Å²) in [7, 11) is 0. The Morgan fingerprint density at radius 3 is 2.64 bits per heavy atom. The van der Waals surface area contributed by atoms with Crippen LogP contribution in [0.5, 0.6) is 0 Å². The fraction of sp³-hybridized carbons (Fsp3) is 0.333. The predicted molar refractivity (Wildman–Crippen MR) is 98.9 cm³/mol. The molecule has 0 radical (unpaired) electrons. The number of fused-ring (bicyclic) bond motifs is 1. The Labute approximate surface area is 147 Å². The van der Waals surface area contributed by atoms with E-state index >= 15 is 0 Å². The number of benzene rings is 2. The van der Waals surface area contributed by atoms with Gasteiger partial charge in [0.2, 0.25) is 11.8 Å². The molecule has 0 aromatic heterocycles. The Hall–Kier alpha value is -2.62. The summed E-state index contributed by atoms with van der Waals surface area (Å²) in [4.78, 5) is 25.8. The van der Waals surface area contributed by atoms with Crippen LogP contribution in [0.4, 0.5) is 0 Å². The minimum absolute atomic E-state index is 0.00206. The van der Waals surface area contributed by atoms with E-state index in [1.54, 1.807) is 0 Å². The van der Waals surface area contributed by atoms with Crippen LogP contribution in [-0.4, -0.2) is 36.3 Å². The second kappa shape index (κ2) is 6.71. The quantitative estimate of drug-likeness (QED) is 0.934. The van der Waals surface area contributed by atoms with Crippen molar-refractivity contribution < 1.29 is 9.59 Å². The fourth-order valence-electron chi connectivity index (χ4n) is 3.41. The molecule has 4 nitrogen and oxygen atoms in total. The lowest BCUT2D eigenvalue weighted by molar-refractivity contribution is -0.132. The molecule has 1 aliphatic carbocycles. The first kappa shape index (κ1) is 15.9. The highest BCUT2D eigenvalue weighted by molar-refractivity contribution is 5.94. The minimum Gasteiger partial charge on any atom is -0.347 e. The minimum atomic E-state index is 0.00206. The van der Waals surface area contributed by atoms with Crippen molar-refractivity contribution in [1.29, 1.82) is 0 Å². The smallest absolute Gasteiger partial charge is 0.242 e. The third kappa shape index (κ3) is 3.43. The van der Waals surface area contributed by atoms with Crippen molar-refractivity contribution in [3.05, 3.63) is 54.1 Å². The van der Waals surface area contributed by atoms with E-state index in [1.807, 2.05) is 4.90 Å². The Bertz CT molecular complexity index is 847. The maximum absolute atomic E-state index is 12.3. The molecular weight excluding hydrogens is 312 g/mol. The average Bonchev–Trinajstić information content (AvgIpc) is 3.51. The number of hydrogen-bond donors (Lipinski definition) is 1. The van der Waals surface area contributed by atoms with E-state index in [2.05, 4.69) is 53.9 Å². The van der Waals surface area contributed by atoms with Crippen LogP contribution in [-0.2, 0) is 9.59 Å². The summed E-state index contributed by atoms with van der Waals surface area (Å²) in [5.41, 5.74) is 2.55. The zero-order valence-electron chi connectivity index (χ0n) is 14.2. The van der Waals surface area contributed by atoms with Gasteiger partial charge in [-0.15, -0.1) is 0 Å². The van der Waals surface area contributed by atoms with E-state index in [9.17, 15) is 9.59 Å². The van der Waals surface area contributed by atoms with Crippen LogP contribution in [0.1, 0.15) is 24.8 Å². The SMILES string of the molecule is O=C(NCC(=O)N1CC=C(c2cccc3ccccc23)CC1)C1CC1. The van der Waals surface area contributed by atoms with Gasteiger partial charge in [-0.2, -0.15) is 0 Å². The van der Waals surface area contributed by atoms with Gasteiger partial charge in [-0.1, -0.05) is 48.5 Å². The van der Waals surface area contributed by atoms with Gasteiger partial charge >= 0.3 is 0 Å². The summed E-state index contributed by atoms with van der Waals surface area (Å²) >= 11 is 0. The lowest BCUT2D eigenvalue weighted by atomic mass is 9.94. The second-order valence-corrected chi connectivity index (χ2v) is 6.84. The van der Waals surface area contributed by atoms with E-state index in [0.29, 0.717) is 13.1 Å². The van der Waals surface area contributed by atoms with Crippen LogP contribution < -0.4 is 5.32 Å². The van der Waals surface area contributed by atoms with Crippen molar-refractivity contribution >= 4 is 28.2 Å². The molecule has 1 aliphatic heterocycles. The molecule has 2 aromatic rings. The summed E-state index contributed by atoms with van der Waals surface area (Å²) < 4.78 is 0. The van der Waals surface area contributed by atoms with E-state index < -0.39 is 0 Å². The molecule has 128 valence electrons. The van der Waals surface area contributed by atoms with E-state index in [4.69, 9.17) is 0 Å². The molecule has 0 spiro atoms. The second-order valence-electron chi connectivity index (χ2n) is 6.84. The highest BCUT2D eigenvalue weighted by Crippen LogP contribution is 2.30. The third-order valence-corrected chi connectivity index (χ3v) is 5.06.